The van der Waals surface area contributed by atoms with Crippen molar-refractivity contribution in [2.45, 2.75) is 26.3 Å². The number of nitrogens with one attached hydrogen (secondary N) is 1. The molecule has 0 aliphatic heterocycles. The second-order valence-electron chi connectivity index (χ2n) is 4.50. The van der Waals surface area contributed by atoms with E-state index < -0.39 is 0 Å². The van der Waals surface area contributed by atoms with Crippen LogP contribution in [0.3, 0.4) is 0 Å². The molecule has 2 nitrogen and oxygen atoms in total. The Kier molecular flexibility index (Phi) is 6.17. The lowest BCUT2D eigenvalue weighted by molar-refractivity contribution is 0.171. The normalized spacial score (nSPS) is 14.6. The molecule has 0 spiro atoms. The molecular weight excluding hydrogens is 278 g/mol. The van der Waals surface area contributed by atoms with Gasteiger partial charge in [-0.1, -0.05) is 41.1 Å². The summed E-state index contributed by atoms with van der Waals surface area (Å²) >= 11 is 3.69. The molecule has 17 heavy (non-hydrogen) atoms. The van der Waals surface area contributed by atoms with E-state index in [4.69, 9.17) is 4.74 Å². The smallest absolute Gasteiger partial charge is 0.0465 e. The summed E-state index contributed by atoms with van der Waals surface area (Å²) < 4.78 is 6.37. The summed E-state index contributed by atoms with van der Waals surface area (Å²) in [4.78, 5) is 0. The van der Waals surface area contributed by atoms with Crippen LogP contribution in [-0.2, 0) is 4.74 Å². The van der Waals surface area contributed by atoms with Crippen LogP contribution in [0.15, 0.2) is 22.7 Å². The van der Waals surface area contributed by atoms with Gasteiger partial charge in [0.25, 0.3) is 0 Å². The zero-order chi connectivity index (χ0) is 12.8. The molecule has 0 aliphatic carbocycles. The van der Waals surface area contributed by atoms with Gasteiger partial charge in [-0.05, 0) is 37.4 Å². The van der Waals surface area contributed by atoms with Crippen LogP contribution in [0.2, 0.25) is 0 Å². The minimum atomic E-state index is 0.361. The highest BCUT2D eigenvalue weighted by Gasteiger charge is 2.19. The summed E-state index contributed by atoms with van der Waals surface area (Å²) in [6.07, 6.45) is 1.06. The fourth-order valence-electron chi connectivity index (χ4n) is 2.13. The van der Waals surface area contributed by atoms with E-state index in [1.807, 2.05) is 7.05 Å². The lowest BCUT2D eigenvalue weighted by Crippen LogP contribution is -2.25. The van der Waals surface area contributed by atoms with Crippen molar-refractivity contribution < 1.29 is 4.74 Å². The molecule has 0 fully saturated rings. The minimum Gasteiger partial charge on any atom is -0.385 e. The van der Waals surface area contributed by atoms with Gasteiger partial charge in [-0.2, -0.15) is 0 Å². The molecule has 3 heteroatoms. The second kappa shape index (κ2) is 7.14. The van der Waals surface area contributed by atoms with Crippen LogP contribution in [0.4, 0.5) is 0 Å². The third-order valence-electron chi connectivity index (χ3n) is 3.21. The summed E-state index contributed by atoms with van der Waals surface area (Å²) in [5.74, 6) is 0.540. The van der Waals surface area contributed by atoms with E-state index in [-0.39, 0.29) is 0 Å². The van der Waals surface area contributed by atoms with E-state index in [2.05, 4.69) is 53.3 Å². The number of halogens is 1. The third kappa shape index (κ3) is 3.80. The molecule has 1 aromatic carbocycles. The molecule has 96 valence electrons. The van der Waals surface area contributed by atoms with Crippen molar-refractivity contribution in [1.29, 1.82) is 0 Å². The van der Waals surface area contributed by atoms with Crippen LogP contribution in [0.25, 0.3) is 0 Å². The van der Waals surface area contributed by atoms with Crippen LogP contribution in [-0.4, -0.2) is 20.8 Å². The number of methoxy groups -OCH3 is 1. The first-order valence-electron chi connectivity index (χ1n) is 6.03. The monoisotopic (exact) mass is 299 g/mol. The minimum absolute atomic E-state index is 0.361. The van der Waals surface area contributed by atoms with Crippen LogP contribution in [0.5, 0.6) is 0 Å². The van der Waals surface area contributed by atoms with E-state index in [1.54, 1.807) is 7.11 Å². The number of benzene rings is 1. The van der Waals surface area contributed by atoms with Gasteiger partial charge < -0.3 is 10.1 Å². The number of ether oxygens (including phenoxy) is 1. The van der Waals surface area contributed by atoms with E-state index in [9.17, 15) is 0 Å². The summed E-state index contributed by atoms with van der Waals surface area (Å²) in [6, 6.07) is 6.78. The van der Waals surface area contributed by atoms with Crippen LogP contribution in [0, 0.1) is 12.8 Å². The van der Waals surface area contributed by atoms with Crippen molar-refractivity contribution in [3.05, 3.63) is 33.8 Å². The lowest BCUT2D eigenvalue weighted by atomic mass is 9.91. The van der Waals surface area contributed by atoms with E-state index in [0.717, 1.165) is 13.0 Å². The fraction of sp³-hybridized carbons (Fsp3) is 0.571. The fourth-order valence-corrected chi connectivity index (χ4v) is 2.64. The van der Waals surface area contributed by atoms with Crippen LogP contribution >= 0.6 is 15.9 Å². The highest BCUT2D eigenvalue weighted by atomic mass is 79.9. The van der Waals surface area contributed by atoms with Crippen molar-refractivity contribution in [2.75, 3.05) is 20.8 Å². The second-order valence-corrected chi connectivity index (χ2v) is 5.30. The highest BCUT2D eigenvalue weighted by Crippen LogP contribution is 2.31. The first kappa shape index (κ1) is 14.7. The maximum absolute atomic E-state index is 5.16. The van der Waals surface area contributed by atoms with Crippen molar-refractivity contribution in [3.63, 3.8) is 0 Å². The maximum Gasteiger partial charge on any atom is 0.0465 e. The molecule has 0 aromatic heterocycles. The largest absolute Gasteiger partial charge is 0.385 e. The zero-order valence-corrected chi connectivity index (χ0v) is 12.7. The Balaban J connectivity index is 2.89. The van der Waals surface area contributed by atoms with Gasteiger partial charge in [0.05, 0.1) is 0 Å². The van der Waals surface area contributed by atoms with Gasteiger partial charge in [-0.25, -0.2) is 0 Å². The molecule has 0 heterocycles. The Hall–Kier alpha value is -0.380. The first-order valence-corrected chi connectivity index (χ1v) is 6.82. The summed E-state index contributed by atoms with van der Waals surface area (Å²) in [5.41, 5.74) is 2.61. The standard InChI is InChI=1S/C14H22BrNO/c1-10-6-5-7-12(13(10)15)14(16-3)11(2)8-9-17-4/h5-7,11,14,16H,8-9H2,1-4H3. The molecule has 0 bridgehead atoms. The Bertz CT molecular complexity index is 354. The van der Waals surface area contributed by atoms with Crippen molar-refractivity contribution in [1.82, 2.24) is 5.32 Å². The Labute approximate surface area is 113 Å². The van der Waals surface area contributed by atoms with E-state index >= 15 is 0 Å². The Morgan fingerprint density at radius 1 is 1.41 bits per heavy atom. The number of rotatable bonds is 6. The maximum atomic E-state index is 5.16. The third-order valence-corrected chi connectivity index (χ3v) is 4.30. The van der Waals surface area contributed by atoms with E-state index in [1.165, 1.54) is 15.6 Å². The summed E-state index contributed by atoms with van der Waals surface area (Å²) in [7, 11) is 3.77. The van der Waals surface area contributed by atoms with E-state index in [0.29, 0.717) is 12.0 Å². The van der Waals surface area contributed by atoms with Crippen molar-refractivity contribution in [3.8, 4) is 0 Å². The van der Waals surface area contributed by atoms with Crippen molar-refractivity contribution in [2.24, 2.45) is 5.92 Å². The molecule has 1 N–H and O–H groups in total. The zero-order valence-electron chi connectivity index (χ0n) is 11.1. The molecule has 0 saturated carbocycles. The number of aryl methyl sites for hydroxylation is 1. The highest BCUT2D eigenvalue weighted by molar-refractivity contribution is 9.10. The van der Waals surface area contributed by atoms with Gasteiger partial charge in [0.1, 0.15) is 0 Å². The molecule has 0 amide bonds. The van der Waals surface area contributed by atoms with Crippen LogP contribution in [0.1, 0.15) is 30.5 Å². The molecule has 2 unspecified atom stereocenters. The van der Waals surface area contributed by atoms with Gasteiger partial charge in [-0.3, -0.25) is 0 Å². The molecule has 0 aliphatic rings. The molecule has 0 radical (unpaired) electrons. The number of hydrogen-bond donors (Lipinski definition) is 1. The SMILES string of the molecule is CNC(c1cccc(C)c1Br)C(C)CCOC. The average Bonchev–Trinajstić information content (AvgIpc) is 2.32. The Morgan fingerprint density at radius 2 is 2.12 bits per heavy atom. The molecule has 1 rings (SSSR count). The van der Waals surface area contributed by atoms with Gasteiger partial charge in [0.2, 0.25) is 0 Å². The predicted molar refractivity (Wildman–Crippen MR) is 76.3 cm³/mol. The number of hydrogen-bond acceptors (Lipinski definition) is 2. The predicted octanol–water partition coefficient (Wildman–Crippen LogP) is 3.69. The van der Waals surface area contributed by atoms with Gasteiger partial charge >= 0.3 is 0 Å². The molecule has 2 atom stereocenters. The topological polar surface area (TPSA) is 21.3 Å². The molecule has 0 saturated heterocycles. The quantitative estimate of drug-likeness (QED) is 0.865. The van der Waals surface area contributed by atoms with Crippen molar-refractivity contribution >= 4 is 15.9 Å². The van der Waals surface area contributed by atoms with Gasteiger partial charge in [0.15, 0.2) is 0 Å². The van der Waals surface area contributed by atoms with Gasteiger partial charge in [-0.15, -0.1) is 0 Å². The molecular formula is C14H22BrNO. The lowest BCUT2D eigenvalue weighted by Gasteiger charge is -2.25. The average molecular weight is 300 g/mol. The van der Waals surface area contributed by atoms with Gasteiger partial charge in [0, 0.05) is 24.2 Å². The first-order chi connectivity index (χ1) is 8.11. The van der Waals surface area contributed by atoms with Crippen LogP contribution < -0.4 is 5.32 Å². The summed E-state index contributed by atoms with van der Waals surface area (Å²) in [5, 5.41) is 3.41. The summed E-state index contributed by atoms with van der Waals surface area (Å²) in [6.45, 7) is 5.19. The molecule has 1 aromatic rings. The Morgan fingerprint density at radius 3 is 2.71 bits per heavy atom.